The lowest BCUT2D eigenvalue weighted by molar-refractivity contribution is 0.310. The summed E-state index contributed by atoms with van der Waals surface area (Å²) in [5, 5.41) is 9.27. The molecule has 0 aliphatic carbocycles. The molecule has 1 aromatic carbocycles. The zero-order valence-electron chi connectivity index (χ0n) is 15.1. The van der Waals surface area contributed by atoms with Crippen molar-refractivity contribution in [1.29, 1.82) is 0 Å². The summed E-state index contributed by atoms with van der Waals surface area (Å²) in [7, 11) is 1.68. The van der Waals surface area contributed by atoms with E-state index in [1.807, 2.05) is 31.3 Å². The average molecular weight is 387 g/mol. The molecule has 0 unspecified atom stereocenters. The second-order valence-electron chi connectivity index (χ2n) is 6.34. The monoisotopic (exact) mass is 386 g/mol. The molecule has 3 aromatic rings. The number of rotatable bonds is 5. The molecule has 4 rings (SSSR count). The Morgan fingerprint density at radius 1 is 1.23 bits per heavy atom. The number of fused-ring (bicyclic) bond motifs is 1. The zero-order valence-corrected chi connectivity index (χ0v) is 16.7. The van der Waals surface area contributed by atoms with Gasteiger partial charge in [-0.1, -0.05) is 6.07 Å². The first kappa shape index (κ1) is 17.5. The van der Waals surface area contributed by atoms with Crippen molar-refractivity contribution < 1.29 is 9.47 Å². The Balaban J connectivity index is 1.72. The van der Waals surface area contributed by atoms with Gasteiger partial charge in [-0.25, -0.2) is 4.98 Å². The second-order valence-corrected chi connectivity index (χ2v) is 8.17. The number of nitrogens with one attached hydrogen (secondary N) is 1. The summed E-state index contributed by atoms with van der Waals surface area (Å²) in [6, 6.07) is 8.83. The maximum absolute atomic E-state index is 5.78. The van der Waals surface area contributed by atoms with Crippen LogP contribution in [0.4, 0.5) is 0 Å². The molecule has 0 spiro atoms. The summed E-state index contributed by atoms with van der Waals surface area (Å²) < 4.78 is 11.2. The van der Waals surface area contributed by atoms with Crippen LogP contribution < -0.4 is 14.8 Å². The third-order valence-corrected chi connectivity index (χ3v) is 6.69. The Kier molecular flexibility index (Phi) is 4.98. The van der Waals surface area contributed by atoms with E-state index in [9.17, 15) is 0 Å². The number of benzene rings is 1. The molecular weight excluding hydrogens is 364 g/mol. The van der Waals surface area contributed by atoms with Gasteiger partial charge >= 0.3 is 0 Å². The minimum absolute atomic E-state index is 0.137. The van der Waals surface area contributed by atoms with Crippen LogP contribution in [0.1, 0.15) is 45.7 Å². The molecule has 1 N–H and O–H groups in total. The largest absolute Gasteiger partial charge is 0.493 e. The standard InChI is InChI=1S/C20H22N2O2S2/c1-4-24-17-10-13(5-6-16(17)23-3)18-19-14(7-8-25-19)9-15(22-18)20-21-12(2)11-26-20/h5-8,10-11,15,18,22H,4,9H2,1-3H3/t15-,18-/m1/s1. The fourth-order valence-electron chi connectivity index (χ4n) is 3.40. The molecule has 0 saturated heterocycles. The first-order chi connectivity index (χ1) is 12.7. The molecule has 2 aromatic heterocycles. The van der Waals surface area contributed by atoms with Gasteiger partial charge in [-0.15, -0.1) is 22.7 Å². The van der Waals surface area contributed by atoms with E-state index in [0.29, 0.717) is 6.61 Å². The average Bonchev–Trinajstić information content (AvgIpc) is 3.29. The van der Waals surface area contributed by atoms with E-state index in [0.717, 1.165) is 28.6 Å². The van der Waals surface area contributed by atoms with Gasteiger partial charge in [-0.05, 0) is 55.0 Å². The van der Waals surface area contributed by atoms with Crippen LogP contribution in [-0.4, -0.2) is 18.7 Å². The number of ether oxygens (including phenoxy) is 2. The number of nitrogens with zero attached hydrogens (tertiary/aromatic N) is 1. The summed E-state index contributed by atoms with van der Waals surface area (Å²) in [4.78, 5) is 6.09. The minimum Gasteiger partial charge on any atom is -0.493 e. The molecule has 0 radical (unpaired) electrons. The lowest BCUT2D eigenvalue weighted by Gasteiger charge is -2.31. The maximum Gasteiger partial charge on any atom is 0.161 e. The highest BCUT2D eigenvalue weighted by molar-refractivity contribution is 7.10. The van der Waals surface area contributed by atoms with E-state index >= 15 is 0 Å². The van der Waals surface area contributed by atoms with Crippen LogP contribution >= 0.6 is 22.7 Å². The zero-order chi connectivity index (χ0) is 18.1. The van der Waals surface area contributed by atoms with E-state index in [1.54, 1.807) is 18.4 Å². The quantitative estimate of drug-likeness (QED) is 0.677. The topological polar surface area (TPSA) is 43.4 Å². The van der Waals surface area contributed by atoms with Crippen LogP contribution in [0.3, 0.4) is 0 Å². The van der Waals surface area contributed by atoms with Crippen molar-refractivity contribution in [3.63, 3.8) is 0 Å². The molecule has 26 heavy (non-hydrogen) atoms. The van der Waals surface area contributed by atoms with Crippen LogP contribution in [0.15, 0.2) is 35.0 Å². The number of thiazole rings is 1. The van der Waals surface area contributed by atoms with E-state index in [4.69, 9.17) is 14.5 Å². The molecule has 1 aliphatic heterocycles. The van der Waals surface area contributed by atoms with Crippen molar-refractivity contribution in [1.82, 2.24) is 10.3 Å². The maximum atomic E-state index is 5.78. The Hall–Kier alpha value is -1.89. The summed E-state index contributed by atoms with van der Waals surface area (Å²) in [6.07, 6.45) is 0.983. The van der Waals surface area contributed by atoms with Crippen LogP contribution in [0.2, 0.25) is 0 Å². The van der Waals surface area contributed by atoms with E-state index < -0.39 is 0 Å². The third kappa shape index (κ3) is 3.24. The van der Waals surface area contributed by atoms with E-state index in [1.165, 1.54) is 16.0 Å². The minimum atomic E-state index is 0.137. The Labute approximate surface area is 161 Å². The predicted molar refractivity (Wildman–Crippen MR) is 107 cm³/mol. The van der Waals surface area contributed by atoms with Crippen molar-refractivity contribution in [3.05, 3.63) is 61.7 Å². The van der Waals surface area contributed by atoms with Crippen LogP contribution in [0.25, 0.3) is 0 Å². The van der Waals surface area contributed by atoms with Crippen molar-refractivity contribution in [2.24, 2.45) is 0 Å². The Morgan fingerprint density at radius 3 is 2.85 bits per heavy atom. The highest BCUT2D eigenvalue weighted by atomic mass is 32.1. The Morgan fingerprint density at radius 2 is 2.12 bits per heavy atom. The van der Waals surface area contributed by atoms with E-state index in [-0.39, 0.29) is 12.1 Å². The van der Waals surface area contributed by atoms with Crippen molar-refractivity contribution in [2.45, 2.75) is 32.4 Å². The molecule has 136 valence electrons. The summed E-state index contributed by atoms with van der Waals surface area (Å²) >= 11 is 3.54. The highest BCUT2D eigenvalue weighted by Crippen LogP contribution is 2.41. The predicted octanol–water partition coefficient (Wildman–Crippen LogP) is 4.90. The smallest absolute Gasteiger partial charge is 0.161 e. The SMILES string of the molecule is CCOc1cc([C@H]2N[C@@H](c3nc(C)cs3)Cc3ccsc32)ccc1OC. The fourth-order valence-corrected chi connectivity index (χ4v) is 5.28. The van der Waals surface area contributed by atoms with Gasteiger partial charge in [0.2, 0.25) is 0 Å². The molecule has 3 heterocycles. The molecule has 6 heteroatoms. The van der Waals surface area contributed by atoms with Gasteiger partial charge in [0.1, 0.15) is 5.01 Å². The number of thiophene rings is 1. The van der Waals surface area contributed by atoms with Gasteiger partial charge in [0.25, 0.3) is 0 Å². The van der Waals surface area contributed by atoms with E-state index in [2.05, 4.69) is 34.3 Å². The lowest BCUT2D eigenvalue weighted by Crippen LogP contribution is -2.33. The summed E-state index contributed by atoms with van der Waals surface area (Å²) in [5.41, 5.74) is 3.68. The second kappa shape index (κ2) is 7.39. The van der Waals surface area contributed by atoms with Gasteiger partial charge in [-0.2, -0.15) is 0 Å². The molecule has 0 saturated carbocycles. The number of aryl methyl sites for hydroxylation is 1. The Bertz CT molecular complexity index is 903. The van der Waals surface area contributed by atoms with Crippen molar-refractivity contribution >= 4 is 22.7 Å². The number of aromatic nitrogens is 1. The number of hydrogen-bond donors (Lipinski definition) is 1. The number of hydrogen-bond acceptors (Lipinski definition) is 6. The van der Waals surface area contributed by atoms with Crippen LogP contribution in [0.5, 0.6) is 11.5 Å². The molecule has 1 aliphatic rings. The molecular formula is C20H22N2O2S2. The normalized spacial score (nSPS) is 19.2. The van der Waals surface area contributed by atoms with Gasteiger partial charge in [-0.3, -0.25) is 5.32 Å². The first-order valence-corrected chi connectivity index (χ1v) is 10.5. The highest BCUT2D eigenvalue weighted by Gasteiger charge is 2.31. The van der Waals surface area contributed by atoms with Gasteiger partial charge in [0.05, 0.1) is 25.8 Å². The van der Waals surface area contributed by atoms with Crippen molar-refractivity contribution in [2.75, 3.05) is 13.7 Å². The van der Waals surface area contributed by atoms with Crippen LogP contribution in [0, 0.1) is 6.92 Å². The molecule has 0 fully saturated rings. The first-order valence-electron chi connectivity index (χ1n) is 8.74. The molecule has 0 amide bonds. The fraction of sp³-hybridized carbons (Fsp3) is 0.350. The van der Waals surface area contributed by atoms with Gasteiger partial charge < -0.3 is 9.47 Å². The molecule has 0 bridgehead atoms. The van der Waals surface area contributed by atoms with Gasteiger partial charge in [0, 0.05) is 16.0 Å². The third-order valence-electron chi connectivity index (χ3n) is 4.59. The van der Waals surface area contributed by atoms with Crippen LogP contribution in [-0.2, 0) is 6.42 Å². The number of methoxy groups -OCH3 is 1. The summed E-state index contributed by atoms with van der Waals surface area (Å²) in [6.45, 7) is 4.65. The molecule has 2 atom stereocenters. The summed E-state index contributed by atoms with van der Waals surface area (Å²) in [5.74, 6) is 1.56. The lowest BCUT2D eigenvalue weighted by atomic mass is 9.93. The molecule has 4 nitrogen and oxygen atoms in total. The van der Waals surface area contributed by atoms with Gasteiger partial charge in [0.15, 0.2) is 11.5 Å². The van der Waals surface area contributed by atoms with Crippen molar-refractivity contribution in [3.8, 4) is 11.5 Å².